The van der Waals surface area contributed by atoms with Crippen LogP contribution >= 0.6 is 34.5 Å². The van der Waals surface area contributed by atoms with E-state index in [0.29, 0.717) is 10.0 Å². The third kappa shape index (κ3) is 1.82. The Labute approximate surface area is 129 Å². The van der Waals surface area contributed by atoms with E-state index < -0.39 is 0 Å². The molecule has 0 saturated carbocycles. The van der Waals surface area contributed by atoms with Crippen molar-refractivity contribution in [3.63, 3.8) is 0 Å². The summed E-state index contributed by atoms with van der Waals surface area (Å²) in [4.78, 5) is 5.59. The summed E-state index contributed by atoms with van der Waals surface area (Å²) in [5.74, 6) is 0. The minimum absolute atomic E-state index is 0.636. The Kier molecular flexibility index (Phi) is 2.74. The minimum atomic E-state index is 0.636. The molecule has 0 N–H and O–H groups in total. The van der Waals surface area contributed by atoms with Crippen molar-refractivity contribution < 1.29 is 0 Å². The summed E-state index contributed by atoms with van der Waals surface area (Å²) in [6.07, 6.45) is 2.02. The van der Waals surface area contributed by atoms with Crippen molar-refractivity contribution in [3.05, 3.63) is 58.7 Å². The maximum Gasteiger partial charge on any atom is 0.195 e. The van der Waals surface area contributed by atoms with Crippen molar-refractivity contribution >= 4 is 49.7 Å². The van der Waals surface area contributed by atoms with Crippen LogP contribution in [0.5, 0.6) is 0 Å². The number of fused-ring (bicyclic) bond motifs is 3. The van der Waals surface area contributed by atoms with E-state index in [1.54, 1.807) is 17.4 Å². The fourth-order valence-electron chi connectivity index (χ4n) is 2.27. The number of thiazole rings is 1. The van der Waals surface area contributed by atoms with Crippen LogP contribution < -0.4 is 0 Å². The molecule has 2 aromatic heterocycles. The van der Waals surface area contributed by atoms with Gasteiger partial charge in [0, 0.05) is 16.8 Å². The first-order valence-electron chi connectivity index (χ1n) is 6.04. The Morgan fingerprint density at radius 2 is 1.85 bits per heavy atom. The minimum Gasteiger partial charge on any atom is -0.290 e. The van der Waals surface area contributed by atoms with Gasteiger partial charge in [-0.3, -0.25) is 4.40 Å². The van der Waals surface area contributed by atoms with E-state index in [0.717, 1.165) is 26.4 Å². The lowest BCUT2D eigenvalue weighted by molar-refractivity contribution is 1.30. The standard InChI is InChI=1S/C15H8Cl2N2S/c16-10-6-11(17)14-13(7-10)19-8-12(18-15(19)20-14)9-4-2-1-3-5-9/h1-8H. The highest BCUT2D eigenvalue weighted by molar-refractivity contribution is 7.24. The average molecular weight is 319 g/mol. The first-order valence-corrected chi connectivity index (χ1v) is 7.62. The molecule has 0 unspecified atom stereocenters. The average Bonchev–Trinajstić information content (AvgIpc) is 2.99. The maximum atomic E-state index is 6.23. The van der Waals surface area contributed by atoms with Crippen LogP contribution in [0.4, 0.5) is 0 Å². The second-order valence-corrected chi connectivity index (χ2v) is 6.30. The first-order chi connectivity index (χ1) is 9.72. The van der Waals surface area contributed by atoms with Crippen LogP contribution in [0.1, 0.15) is 0 Å². The smallest absolute Gasteiger partial charge is 0.195 e. The van der Waals surface area contributed by atoms with Gasteiger partial charge in [-0.05, 0) is 12.1 Å². The zero-order valence-electron chi connectivity index (χ0n) is 10.2. The van der Waals surface area contributed by atoms with Crippen molar-refractivity contribution in [1.29, 1.82) is 0 Å². The molecular weight excluding hydrogens is 311 g/mol. The first kappa shape index (κ1) is 12.2. The molecule has 2 aromatic carbocycles. The number of benzene rings is 2. The summed E-state index contributed by atoms with van der Waals surface area (Å²) in [5.41, 5.74) is 3.05. The molecule has 0 bridgehead atoms. The fraction of sp³-hybridized carbons (Fsp3) is 0. The zero-order valence-corrected chi connectivity index (χ0v) is 12.5. The number of aromatic nitrogens is 2. The number of nitrogens with zero attached hydrogens (tertiary/aromatic N) is 2. The largest absolute Gasteiger partial charge is 0.290 e. The van der Waals surface area contributed by atoms with E-state index in [-0.39, 0.29) is 0 Å². The molecule has 5 heteroatoms. The van der Waals surface area contributed by atoms with Gasteiger partial charge in [0.1, 0.15) is 0 Å². The number of imidazole rings is 1. The second kappa shape index (κ2) is 4.48. The Morgan fingerprint density at radius 3 is 2.65 bits per heavy atom. The van der Waals surface area contributed by atoms with Gasteiger partial charge in [0.2, 0.25) is 0 Å². The van der Waals surface area contributed by atoms with Gasteiger partial charge in [-0.2, -0.15) is 0 Å². The van der Waals surface area contributed by atoms with Gasteiger partial charge in [0.15, 0.2) is 4.96 Å². The van der Waals surface area contributed by atoms with E-state index in [1.165, 1.54) is 0 Å². The lowest BCUT2D eigenvalue weighted by Gasteiger charge is -1.96. The summed E-state index contributed by atoms with van der Waals surface area (Å²) >= 11 is 13.9. The topological polar surface area (TPSA) is 17.3 Å². The lowest BCUT2D eigenvalue weighted by atomic mass is 10.2. The van der Waals surface area contributed by atoms with Crippen LogP contribution in [0.15, 0.2) is 48.7 Å². The quantitative estimate of drug-likeness (QED) is 0.451. The van der Waals surface area contributed by atoms with E-state index >= 15 is 0 Å². The van der Waals surface area contributed by atoms with Gasteiger partial charge >= 0.3 is 0 Å². The summed E-state index contributed by atoms with van der Waals surface area (Å²) in [5, 5.41) is 1.31. The van der Waals surface area contributed by atoms with Crippen molar-refractivity contribution in [2.75, 3.05) is 0 Å². The Bertz CT molecular complexity index is 925. The Hall–Kier alpha value is -1.55. The van der Waals surface area contributed by atoms with Crippen molar-refractivity contribution in [2.45, 2.75) is 0 Å². The van der Waals surface area contributed by atoms with Gasteiger partial charge in [-0.15, -0.1) is 0 Å². The molecule has 0 aliphatic rings. The van der Waals surface area contributed by atoms with Crippen molar-refractivity contribution in [3.8, 4) is 11.3 Å². The molecule has 98 valence electrons. The highest BCUT2D eigenvalue weighted by Crippen LogP contribution is 2.35. The number of halogens is 2. The maximum absolute atomic E-state index is 6.23. The molecule has 2 nitrogen and oxygen atoms in total. The summed E-state index contributed by atoms with van der Waals surface area (Å²) in [6, 6.07) is 13.8. The predicted molar refractivity (Wildman–Crippen MR) is 86.0 cm³/mol. The third-order valence-electron chi connectivity index (χ3n) is 3.18. The van der Waals surface area contributed by atoms with E-state index in [2.05, 4.69) is 17.1 Å². The summed E-state index contributed by atoms with van der Waals surface area (Å²) in [7, 11) is 0. The second-order valence-electron chi connectivity index (χ2n) is 4.48. The van der Waals surface area contributed by atoms with Crippen LogP contribution in [0.3, 0.4) is 0 Å². The lowest BCUT2D eigenvalue weighted by Crippen LogP contribution is -1.78. The molecule has 0 aliphatic heterocycles. The van der Waals surface area contributed by atoms with Gasteiger partial charge in [0.05, 0.1) is 20.9 Å². The molecule has 2 heterocycles. The van der Waals surface area contributed by atoms with Gasteiger partial charge < -0.3 is 0 Å². The van der Waals surface area contributed by atoms with Crippen LogP contribution in [-0.2, 0) is 0 Å². The van der Waals surface area contributed by atoms with E-state index in [4.69, 9.17) is 23.2 Å². The van der Waals surface area contributed by atoms with E-state index in [9.17, 15) is 0 Å². The molecule has 0 atom stereocenters. The highest BCUT2D eigenvalue weighted by Gasteiger charge is 2.12. The van der Waals surface area contributed by atoms with Crippen LogP contribution in [0.25, 0.3) is 26.4 Å². The Morgan fingerprint density at radius 1 is 1.05 bits per heavy atom. The number of rotatable bonds is 1. The number of hydrogen-bond donors (Lipinski definition) is 0. The Balaban J connectivity index is 2.02. The van der Waals surface area contributed by atoms with Gasteiger partial charge in [-0.1, -0.05) is 64.9 Å². The molecule has 0 amide bonds. The van der Waals surface area contributed by atoms with E-state index in [1.807, 2.05) is 34.9 Å². The van der Waals surface area contributed by atoms with Gasteiger partial charge in [0.25, 0.3) is 0 Å². The third-order valence-corrected chi connectivity index (χ3v) is 4.92. The highest BCUT2D eigenvalue weighted by atomic mass is 35.5. The van der Waals surface area contributed by atoms with Gasteiger partial charge in [-0.25, -0.2) is 4.98 Å². The molecule has 0 fully saturated rings. The molecule has 4 aromatic rings. The van der Waals surface area contributed by atoms with Crippen LogP contribution in [0.2, 0.25) is 10.0 Å². The predicted octanol–water partition coefficient (Wildman–Crippen LogP) is 5.52. The van der Waals surface area contributed by atoms with Crippen molar-refractivity contribution in [2.24, 2.45) is 0 Å². The van der Waals surface area contributed by atoms with Crippen LogP contribution in [-0.4, -0.2) is 9.38 Å². The molecular formula is C15H8Cl2N2S. The molecule has 20 heavy (non-hydrogen) atoms. The molecule has 0 aliphatic carbocycles. The van der Waals surface area contributed by atoms with Crippen molar-refractivity contribution in [1.82, 2.24) is 9.38 Å². The normalized spacial score (nSPS) is 11.5. The molecule has 0 saturated heterocycles. The molecule has 4 rings (SSSR count). The molecule has 0 radical (unpaired) electrons. The zero-order chi connectivity index (χ0) is 13.7. The summed E-state index contributed by atoms with van der Waals surface area (Å²) < 4.78 is 3.05. The number of hydrogen-bond acceptors (Lipinski definition) is 2. The van der Waals surface area contributed by atoms with Crippen LogP contribution in [0, 0.1) is 0 Å². The molecule has 0 spiro atoms. The monoisotopic (exact) mass is 318 g/mol. The summed E-state index contributed by atoms with van der Waals surface area (Å²) in [6.45, 7) is 0. The fourth-order valence-corrected chi connectivity index (χ4v) is 3.87. The SMILES string of the molecule is Clc1cc(Cl)c2sc3nc(-c4ccccc4)cn3c2c1.